The summed E-state index contributed by atoms with van der Waals surface area (Å²) in [5.41, 5.74) is 6.65. The molecule has 0 bridgehead atoms. The molecule has 0 spiro atoms. The van der Waals surface area contributed by atoms with Gasteiger partial charge in [0.25, 0.3) is 0 Å². The van der Waals surface area contributed by atoms with E-state index in [1.165, 1.54) is 11.3 Å². The van der Waals surface area contributed by atoms with Gasteiger partial charge in [0.15, 0.2) is 6.29 Å². The Hall–Kier alpha value is -0.620. The second-order valence-corrected chi connectivity index (χ2v) is 4.89. The van der Waals surface area contributed by atoms with Crippen LogP contribution in [-0.4, -0.2) is 6.29 Å². The minimum absolute atomic E-state index is 0.726. The maximum absolute atomic E-state index is 10.5. The Morgan fingerprint density at radius 1 is 1.46 bits per heavy atom. The zero-order valence-corrected chi connectivity index (χ0v) is 9.56. The fourth-order valence-corrected chi connectivity index (χ4v) is 2.75. The lowest BCUT2D eigenvalue weighted by atomic mass is 10.2. The third-order valence-corrected chi connectivity index (χ3v) is 3.86. The van der Waals surface area contributed by atoms with Crippen molar-refractivity contribution in [1.82, 2.24) is 0 Å². The fraction of sp³-hybridized carbons (Fsp3) is 0. The van der Waals surface area contributed by atoms with Crippen molar-refractivity contribution in [2.75, 3.05) is 5.73 Å². The number of nitrogens with two attached hydrogens (primary N) is 1. The predicted molar refractivity (Wildman–Crippen MR) is 64.3 cm³/mol. The van der Waals surface area contributed by atoms with Gasteiger partial charge in [-0.05, 0) is 40.1 Å². The van der Waals surface area contributed by atoms with Crippen molar-refractivity contribution in [1.29, 1.82) is 0 Å². The molecule has 2 nitrogen and oxygen atoms in total. The second kappa shape index (κ2) is 3.26. The molecule has 1 heterocycles. The minimum atomic E-state index is 0.726. The Kier molecular flexibility index (Phi) is 2.25. The van der Waals surface area contributed by atoms with E-state index in [0.29, 0.717) is 0 Å². The monoisotopic (exact) mass is 303 g/mol. The van der Waals surface area contributed by atoms with Gasteiger partial charge in [0.1, 0.15) is 0 Å². The Bertz CT molecular complexity index is 478. The molecule has 2 N–H and O–H groups in total. The number of hydrogen-bond acceptors (Lipinski definition) is 3. The van der Waals surface area contributed by atoms with Crippen LogP contribution in [0.3, 0.4) is 0 Å². The summed E-state index contributed by atoms with van der Waals surface area (Å²) in [6.07, 6.45) is 0.858. The SMILES string of the molecule is Nc1c(I)ccc2cc(C=O)sc12. The third-order valence-electron chi connectivity index (χ3n) is 1.81. The molecule has 0 atom stereocenters. The van der Waals surface area contributed by atoms with Crippen molar-refractivity contribution < 1.29 is 4.79 Å². The normalized spacial score (nSPS) is 10.5. The highest BCUT2D eigenvalue weighted by Gasteiger charge is 2.06. The van der Waals surface area contributed by atoms with Gasteiger partial charge in [0.05, 0.1) is 15.3 Å². The molecule has 0 radical (unpaired) electrons. The van der Waals surface area contributed by atoms with Gasteiger partial charge in [-0.3, -0.25) is 4.79 Å². The van der Waals surface area contributed by atoms with Crippen molar-refractivity contribution >= 4 is 56.0 Å². The maximum atomic E-state index is 10.5. The number of rotatable bonds is 1. The first-order valence-electron chi connectivity index (χ1n) is 3.65. The van der Waals surface area contributed by atoms with E-state index in [9.17, 15) is 4.79 Å². The largest absolute Gasteiger partial charge is 0.397 e. The molecule has 1 aromatic carbocycles. The van der Waals surface area contributed by atoms with Crippen LogP contribution in [0.4, 0.5) is 5.69 Å². The van der Waals surface area contributed by atoms with E-state index in [1.54, 1.807) is 0 Å². The highest BCUT2D eigenvalue weighted by atomic mass is 127. The predicted octanol–water partition coefficient (Wildman–Crippen LogP) is 2.90. The molecule has 0 saturated carbocycles. The number of fused-ring (bicyclic) bond motifs is 1. The molecule has 0 aliphatic rings. The van der Waals surface area contributed by atoms with Gasteiger partial charge in [-0.15, -0.1) is 11.3 Å². The molecule has 0 fully saturated rings. The summed E-state index contributed by atoms with van der Waals surface area (Å²) in [4.78, 5) is 11.3. The summed E-state index contributed by atoms with van der Waals surface area (Å²) in [6, 6.07) is 5.80. The lowest BCUT2D eigenvalue weighted by Crippen LogP contribution is -1.87. The molecule has 66 valence electrons. The molecule has 0 aliphatic heterocycles. The summed E-state index contributed by atoms with van der Waals surface area (Å²) in [5.74, 6) is 0. The Labute approximate surface area is 92.9 Å². The van der Waals surface area contributed by atoms with E-state index in [2.05, 4.69) is 22.6 Å². The number of hydrogen-bond donors (Lipinski definition) is 1. The van der Waals surface area contributed by atoms with Gasteiger partial charge in [-0.1, -0.05) is 6.07 Å². The van der Waals surface area contributed by atoms with Crippen molar-refractivity contribution in [2.45, 2.75) is 0 Å². The van der Waals surface area contributed by atoms with Crippen LogP contribution in [0.5, 0.6) is 0 Å². The van der Waals surface area contributed by atoms with Crippen LogP contribution >= 0.6 is 33.9 Å². The standard InChI is InChI=1S/C9H6INOS/c10-7-2-1-5-3-6(4-12)13-9(5)8(7)11/h1-4H,11H2. The van der Waals surface area contributed by atoms with Gasteiger partial charge in [0, 0.05) is 3.57 Å². The highest BCUT2D eigenvalue weighted by Crippen LogP contribution is 2.32. The number of thiophene rings is 1. The molecule has 2 aromatic rings. The molecular weight excluding hydrogens is 297 g/mol. The van der Waals surface area contributed by atoms with Crippen molar-refractivity contribution in [2.24, 2.45) is 0 Å². The average molecular weight is 303 g/mol. The first kappa shape index (κ1) is 8.96. The molecular formula is C9H6INOS. The summed E-state index contributed by atoms with van der Waals surface area (Å²) in [6.45, 7) is 0. The quantitative estimate of drug-likeness (QED) is 0.500. The Morgan fingerprint density at radius 3 is 2.92 bits per heavy atom. The number of nitrogen functional groups attached to an aromatic ring is 1. The van der Waals surface area contributed by atoms with Gasteiger partial charge in [-0.2, -0.15) is 0 Å². The van der Waals surface area contributed by atoms with Gasteiger partial charge in [-0.25, -0.2) is 0 Å². The second-order valence-electron chi connectivity index (χ2n) is 2.65. The van der Waals surface area contributed by atoms with E-state index >= 15 is 0 Å². The number of anilines is 1. The molecule has 0 aliphatic carbocycles. The van der Waals surface area contributed by atoms with Crippen molar-refractivity contribution in [3.8, 4) is 0 Å². The zero-order chi connectivity index (χ0) is 9.42. The van der Waals surface area contributed by atoms with E-state index in [-0.39, 0.29) is 0 Å². The summed E-state index contributed by atoms with van der Waals surface area (Å²) in [5, 5.41) is 1.05. The average Bonchev–Trinajstić information content (AvgIpc) is 2.55. The van der Waals surface area contributed by atoms with Gasteiger partial charge in [0.2, 0.25) is 0 Å². The number of benzene rings is 1. The molecule has 4 heteroatoms. The summed E-state index contributed by atoms with van der Waals surface area (Å²) >= 11 is 3.63. The number of aldehydes is 1. The van der Waals surface area contributed by atoms with Crippen LogP contribution in [0.1, 0.15) is 9.67 Å². The number of carbonyl (C=O) groups is 1. The zero-order valence-electron chi connectivity index (χ0n) is 6.58. The lowest BCUT2D eigenvalue weighted by Gasteiger charge is -1.97. The van der Waals surface area contributed by atoms with Crippen molar-refractivity contribution in [3.63, 3.8) is 0 Å². The van der Waals surface area contributed by atoms with Crippen molar-refractivity contribution in [3.05, 3.63) is 26.6 Å². The molecule has 13 heavy (non-hydrogen) atoms. The number of halogens is 1. The Morgan fingerprint density at radius 2 is 2.23 bits per heavy atom. The first-order valence-corrected chi connectivity index (χ1v) is 5.54. The van der Waals surface area contributed by atoms with E-state index in [1.807, 2.05) is 18.2 Å². The fourth-order valence-electron chi connectivity index (χ4n) is 1.18. The van der Waals surface area contributed by atoms with Crippen LogP contribution in [0.2, 0.25) is 0 Å². The molecule has 0 saturated heterocycles. The Balaban J connectivity index is 2.83. The summed E-state index contributed by atoms with van der Waals surface area (Å²) < 4.78 is 2.04. The van der Waals surface area contributed by atoms with Crippen LogP contribution in [-0.2, 0) is 0 Å². The number of carbonyl (C=O) groups excluding carboxylic acids is 1. The molecule has 0 unspecified atom stereocenters. The van der Waals surface area contributed by atoms with Gasteiger partial charge >= 0.3 is 0 Å². The van der Waals surface area contributed by atoms with Crippen LogP contribution in [0.25, 0.3) is 10.1 Å². The van der Waals surface area contributed by atoms with Crippen LogP contribution < -0.4 is 5.73 Å². The topological polar surface area (TPSA) is 43.1 Å². The van der Waals surface area contributed by atoms with Gasteiger partial charge < -0.3 is 5.73 Å². The van der Waals surface area contributed by atoms with E-state index in [4.69, 9.17) is 5.73 Å². The first-order chi connectivity index (χ1) is 6.22. The molecule has 1 aromatic heterocycles. The van der Waals surface area contributed by atoms with Crippen LogP contribution in [0.15, 0.2) is 18.2 Å². The minimum Gasteiger partial charge on any atom is -0.397 e. The van der Waals surface area contributed by atoms with Crippen LogP contribution in [0, 0.1) is 3.57 Å². The maximum Gasteiger partial charge on any atom is 0.160 e. The highest BCUT2D eigenvalue weighted by molar-refractivity contribution is 14.1. The molecule has 0 amide bonds. The summed E-state index contributed by atoms with van der Waals surface area (Å²) in [7, 11) is 0. The molecule has 2 rings (SSSR count). The third kappa shape index (κ3) is 1.44. The smallest absolute Gasteiger partial charge is 0.160 e. The van der Waals surface area contributed by atoms with E-state index in [0.717, 1.165) is 30.5 Å². The lowest BCUT2D eigenvalue weighted by molar-refractivity contribution is 0.112. The van der Waals surface area contributed by atoms with E-state index < -0.39 is 0 Å².